The van der Waals surface area contributed by atoms with Crippen LogP contribution < -0.4 is 15.4 Å². The van der Waals surface area contributed by atoms with Crippen LogP contribution in [-0.2, 0) is 10.0 Å². The van der Waals surface area contributed by atoms with Crippen molar-refractivity contribution < 1.29 is 12.8 Å². The molecular formula is C20H21N5O4S2. The van der Waals surface area contributed by atoms with Crippen LogP contribution >= 0.6 is 11.5 Å². The van der Waals surface area contributed by atoms with Gasteiger partial charge in [0, 0.05) is 50.7 Å². The van der Waals surface area contributed by atoms with Crippen molar-refractivity contribution >= 4 is 48.6 Å². The molecular weight excluding hydrogens is 438 g/mol. The summed E-state index contributed by atoms with van der Waals surface area (Å²) in [5.41, 5.74) is 0.688. The number of sulfonamides is 1. The van der Waals surface area contributed by atoms with Crippen molar-refractivity contribution in [1.29, 1.82) is 0 Å². The SMILES string of the molecule is O=c1[nH]c2ccc(S(=O)(=O)NCCN3CCN(c4nsc5ccccc45)CC3)cc2o1. The Kier molecular flexibility index (Phi) is 5.26. The Hall–Kier alpha value is -2.73. The maximum Gasteiger partial charge on any atom is 0.417 e. The highest BCUT2D eigenvalue weighted by Crippen LogP contribution is 2.29. The van der Waals surface area contributed by atoms with Gasteiger partial charge in [-0.3, -0.25) is 9.88 Å². The number of benzene rings is 2. The van der Waals surface area contributed by atoms with Gasteiger partial charge in [0.25, 0.3) is 0 Å². The highest BCUT2D eigenvalue weighted by Gasteiger charge is 2.21. The fraction of sp³-hybridized carbons (Fsp3) is 0.300. The summed E-state index contributed by atoms with van der Waals surface area (Å²) < 4.78 is 38.6. The Bertz CT molecular complexity index is 1380. The van der Waals surface area contributed by atoms with E-state index in [1.54, 1.807) is 0 Å². The van der Waals surface area contributed by atoms with E-state index in [1.807, 2.05) is 12.1 Å². The van der Waals surface area contributed by atoms with Crippen LogP contribution in [0.25, 0.3) is 21.2 Å². The summed E-state index contributed by atoms with van der Waals surface area (Å²) in [5.74, 6) is 0.426. The summed E-state index contributed by atoms with van der Waals surface area (Å²) >= 11 is 1.52. The first-order valence-corrected chi connectivity index (χ1v) is 12.2. The lowest BCUT2D eigenvalue weighted by Gasteiger charge is -2.35. The Morgan fingerprint density at radius 1 is 1.13 bits per heavy atom. The molecule has 9 nitrogen and oxygen atoms in total. The van der Waals surface area contributed by atoms with Gasteiger partial charge in [-0.05, 0) is 35.8 Å². The van der Waals surface area contributed by atoms with Gasteiger partial charge in [0.05, 0.1) is 15.1 Å². The van der Waals surface area contributed by atoms with Gasteiger partial charge >= 0.3 is 5.76 Å². The molecule has 3 heterocycles. The van der Waals surface area contributed by atoms with Gasteiger partial charge in [0.1, 0.15) is 5.82 Å². The lowest BCUT2D eigenvalue weighted by atomic mass is 10.2. The van der Waals surface area contributed by atoms with Gasteiger partial charge in [0.2, 0.25) is 10.0 Å². The van der Waals surface area contributed by atoms with E-state index >= 15 is 0 Å². The van der Waals surface area contributed by atoms with Gasteiger partial charge < -0.3 is 9.32 Å². The molecule has 2 N–H and O–H groups in total. The van der Waals surface area contributed by atoms with Gasteiger partial charge in [-0.25, -0.2) is 17.9 Å². The number of oxazole rings is 1. The highest BCUT2D eigenvalue weighted by molar-refractivity contribution is 7.89. The molecule has 1 fully saturated rings. The van der Waals surface area contributed by atoms with Crippen LogP contribution in [-0.4, -0.2) is 61.9 Å². The number of aromatic amines is 1. The number of fused-ring (bicyclic) bond motifs is 2. The minimum Gasteiger partial charge on any atom is -0.408 e. The van der Waals surface area contributed by atoms with Crippen LogP contribution in [0, 0.1) is 0 Å². The van der Waals surface area contributed by atoms with Crippen LogP contribution in [0.2, 0.25) is 0 Å². The molecule has 11 heteroatoms. The number of nitrogens with zero attached hydrogens (tertiary/aromatic N) is 3. The van der Waals surface area contributed by atoms with E-state index in [2.05, 4.69) is 36.0 Å². The third-order valence-electron chi connectivity index (χ3n) is 5.45. The molecule has 2 aromatic heterocycles. The first kappa shape index (κ1) is 20.2. The summed E-state index contributed by atoms with van der Waals surface area (Å²) in [6.07, 6.45) is 0. The summed E-state index contributed by atoms with van der Waals surface area (Å²) in [6, 6.07) is 12.6. The molecule has 5 rings (SSSR count). The largest absolute Gasteiger partial charge is 0.417 e. The predicted molar refractivity (Wildman–Crippen MR) is 120 cm³/mol. The van der Waals surface area contributed by atoms with Crippen LogP contribution in [0.15, 0.2) is 56.6 Å². The number of nitrogens with one attached hydrogen (secondary N) is 2. The quantitative estimate of drug-likeness (QED) is 0.452. The maximum absolute atomic E-state index is 12.6. The van der Waals surface area contributed by atoms with Crippen molar-refractivity contribution in [3.8, 4) is 0 Å². The van der Waals surface area contributed by atoms with Crippen LogP contribution in [0.4, 0.5) is 5.82 Å². The third-order valence-corrected chi connectivity index (χ3v) is 7.73. The van der Waals surface area contributed by atoms with Gasteiger partial charge in [-0.15, -0.1) is 0 Å². The maximum atomic E-state index is 12.6. The van der Waals surface area contributed by atoms with Crippen molar-refractivity contribution in [3.05, 3.63) is 53.0 Å². The topological polar surface area (TPSA) is 112 Å². The Balaban J connectivity index is 1.16. The molecule has 0 bridgehead atoms. The number of rotatable bonds is 6. The van der Waals surface area contributed by atoms with Crippen molar-refractivity contribution in [2.45, 2.75) is 4.90 Å². The van der Waals surface area contributed by atoms with Crippen molar-refractivity contribution in [3.63, 3.8) is 0 Å². The van der Waals surface area contributed by atoms with Crippen LogP contribution in [0.3, 0.4) is 0 Å². The van der Waals surface area contributed by atoms with E-state index in [-0.39, 0.29) is 10.5 Å². The lowest BCUT2D eigenvalue weighted by Crippen LogP contribution is -2.48. The van der Waals surface area contributed by atoms with Gasteiger partial charge in [-0.2, -0.15) is 4.37 Å². The fourth-order valence-corrected chi connectivity index (χ4v) is 5.63. The Morgan fingerprint density at radius 3 is 2.77 bits per heavy atom. The lowest BCUT2D eigenvalue weighted by molar-refractivity contribution is 0.262. The number of aromatic nitrogens is 2. The molecule has 0 atom stereocenters. The van der Waals surface area contributed by atoms with E-state index in [1.165, 1.54) is 39.8 Å². The standard InChI is InChI=1S/C20H21N5O4S2/c26-20-22-16-6-5-14(13-17(16)29-20)31(27,28)21-7-8-24-9-11-25(12-10-24)19-15-3-1-2-4-18(15)30-23-19/h1-6,13,21H,7-12H2,(H,22,26). The first-order chi connectivity index (χ1) is 15.0. The summed E-state index contributed by atoms with van der Waals surface area (Å²) in [6.45, 7) is 4.30. The predicted octanol–water partition coefficient (Wildman–Crippen LogP) is 1.83. The number of hydrogen-bond acceptors (Lipinski definition) is 8. The van der Waals surface area contributed by atoms with Crippen LogP contribution in [0.1, 0.15) is 0 Å². The number of hydrogen-bond donors (Lipinski definition) is 2. The second kappa shape index (κ2) is 8.08. The smallest absolute Gasteiger partial charge is 0.408 e. The fourth-order valence-electron chi connectivity index (χ4n) is 3.80. The minimum absolute atomic E-state index is 0.0722. The minimum atomic E-state index is -3.69. The zero-order valence-corrected chi connectivity index (χ0v) is 18.2. The molecule has 31 heavy (non-hydrogen) atoms. The third kappa shape index (κ3) is 4.09. The molecule has 1 saturated heterocycles. The molecule has 0 radical (unpaired) electrons. The molecule has 0 spiro atoms. The number of H-pyrrole nitrogens is 1. The molecule has 0 saturated carbocycles. The second-order valence-electron chi connectivity index (χ2n) is 7.40. The molecule has 2 aromatic carbocycles. The highest BCUT2D eigenvalue weighted by atomic mass is 32.2. The molecule has 1 aliphatic rings. The molecule has 162 valence electrons. The number of piperazine rings is 1. The summed E-state index contributed by atoms with van der Waals surface area (Å²) in [4.78, 5) is 18.4. The summed E-state index contributed by atoms with van der Waals surface area (Å²) in [5, 5.41) is 1.18. The monoisotopic (exact) mass is 459 g/mol. The van der Waals surface area contributed by atoms with Gasteiger partial charge in [0.15, 0.2) is 5.58 Å². The average Bonchev–Trinajstić information content (AvgIpc) is 3.36. The summed E-state index contributed by atoms with van der Waals surface area (Å²) in [7, 11) is -3.69. The van der Waals surface area contributed by atoms with Crippen molar-refractivity contribution in [2.24, 2.45) is 0 Å². The van der Waals surface area contributed by atoms with Gasteiger partial charge in [-0.1, -0.05) is 12.1 Å². The molecule has 1 aliphatic heterocycles. The van der Waals surface area contributed by atoms with E-state index in [9.17, 15) is 13.2 Å². The molecule has 0 amide bonds. The molecule has 0 unspecified atom stereocenters. The normalized spacial score (nSPS) is 15.8. The van der Waals surface area contributed by atoms with Crippen LogP contribution in [0.5, 0.6) is 0 Å². The molecule has 0 aliphatic carbocycles. The van der Waals surface area contributed by atoms with E-state index in [0.29, 0.717) is 18.6 Å². The Morgan fingerprint density at radius 2 is 1.94 bits per heavy atom. The van der Waals surface area contributed by atoms with Crippen molar-refractivity contribution in [2.75, 3.05) is 44.2 Å². The van der Waals surface area contributed by atoms with E-state index < -0.39 is 15.8 Å². The van der Waals surface area contributed by atoms with E-state index in [0.717, 1.165) is 32.0 Å². The zero-order chi connectivity index (χ0) is 21.4. The first-order valence-electron chi connectivity index (χ1n) is 9.94. The average molecular weight is 460 g/mol. The Labute approximate surface area is 182 Å². The second-order valence-corrected chi connectivity index (χ2v) is 9.97. The number of anilines is 1. The van der Waals surface area contributed by atoms with E-state index in [4.69, 9.17) is 4.42 Å². The molecule has 4 aromatic rings. The zero-order valence-electron chi connectivity index (χ0n) is 16.6. The van der Waals surface area contributed by atoms with Crippen molar-refractivity contribution in [1.82, 2.24) is 19.0 Å².